The molecular formula is C15H28N2OS. The topological polar surface area (TPSA) is 34.1 Å². The molecule has 1 aromatic heterocycles. The molecule has 0 aromatic carbocycles. The quantitative estimate of drug-likeness (QED) is 0.746. The van der Waals surface area contributed by atoms with Crippen LogP contribution in [-0.4, -0.2) is 18.6 Å². The van der Waals surface area contributed by atoms with Crippen LogP contribution in [-0.2, 0) is 17.9 Å². The van der Waals surface area contributed by atoms with Gasteiger partial charge in [-0.3, -0.25) is 0 Å². The van der Waals surface area contributed by atoms with Gasteiger partial charge in [0.05, 0.1) is 17.3 Å². The van der Waals surface area contributed by atoms with Gasteiger partial charge in [-0.25, -0.2) is 4.98 Å². The van der Waals surface area contributed by atoms with Gasteiger partial charge >= 0.3 is 0 Å². The molecule has 3 nitrogen and oxygen atoms in total. The SMILES string of the molecule is CCC(CC)c1nc(COC)c(CNCC(C)C)s1. The largest absolute Gasteiger partial charge is 0.378 e. The molecule has 1 N–H and O–H groups in total. The monoisotopic (exact) mass is 284 g/mol. The number of aromatic nitrogens is 1. The maximum Gasteiger partial charge on any atom is 0.0963 e. The summed E-state index contributed by atoms with van der Waals surface area (Å²) >= 11 is 1.85. The average molecular weight is 284 g/mol. The first-order valence-corrected chi connectivity index (χ1v) is 8.12. The highest BCUT2D eigenvalue weighted by Crippen LogP contribution is 2.30. The van der Waals surface area contributed by atoms with Crippen LogP contribution in [0, 0.1) is 5.92 Å². The maximum atomic E-state index is 5.27. The molecule has 0 spiro atoms. The van der Waals surface area contributed by atoms with Crippen LogP contribution in [0.2, 0.25) is 0 Å². The second-order valence-electron chi connectivity index (χ2n) is 5.39. The van der Waals surface area contributed by atoms with Gasteiger partial charge in [0, 0.05) is 24.4 Å². The Morgan fingerprint density at radius 3 is 2.47 bits per heavy atom. The van der Waals surface area contributed by atoms with Crippen LogP contribution in [0.1, 0.15) is 62.0 Å². The van der Waals surface area contributed by atoms with Crippen molar-refractivity contribution in [2.75, 3.05) is 13.7 Å². The van der Waals surface area contributed by atoms with Crippen LogP contribution in [0.25, 0.3) is 0 Å². The minimum atomic E-state index is 0.597. The molecule has 0 saturated carbocycles. The Kier molecular flexibility index (Phi) is 7.57. The lowest BCUT2D eigenvalue weighted by atomic mass is 10.1. The van der Waals surface area contributed by atoms with Crippen LogP contribution < -0.4 is 5.32 Å². The predicted octanol–water partition coefficient (Wildman–Crippen LogP) is 3.94. The zero-order valence-corrected chi connectivity index (χ0v) is 13.8. The van der Waals surface area contributed by atoms with Gasteiger partial charge < -0.3 is 10.1 Å². The van der Waals surface area contributed by atoms with Crippen LogP contribution in [0.15, 0.2) is 0 Å². The number of hydrogen-bond donors (Lipinski definition) is 1. The van der Waals surface area contributed by atoms with Gasteiger partial charge in [-0.1, -0.05) is 27.7 Å². The third kappa shape index (κ3) is 5.21. The first-order valence-electron chi connectivity index (χ1n) is 7.30. The second-order valence-corrected chi connectivity index (χ2v) is 6.51. The van der Waals surface area contributed by atoms with E-state index in [4.69, 9.17) is 9.72 Å². The second kappa shape index (κ2) is 8.67. The summed E-state index contributed by atoms with van der Waals surface area (Å²) in [5.41, 5.74) is 1.12. The average Bonchev–Trinajstić information content (AvgIpc) is 2.74. The van der Waals surface area contributed by atoms with Crippen molar-refractivity contribution in [1.29, 1.82) is 0 Å². The van der Waals surface area contributed by atoms with Crippen molar-refractivity contribution in [3.63, 3.8) is 0 Å². The molecule has 0 fully saturated rings. The van der Waals surface area contributed by atoms with E-state index in [1.807, 2.05) is 11.3 Å². The van der Waals surface area contributed by atoms with Crippen LogP contribution in [0.5, 0.6) is 0 Å². The summed E-state index contributed by atoms with van der Waals surface area (Å²) in [6.07, 6.45) is 2.32. The Labute approximate surface area is 121 Å². The molecule has 0 atom stereocenters. The van der Waals surface area contributed by atoms with Gasteiger partial charge in [0.1, 0.15) is 0 Å². The number of thiazole rings is 1. The maximum absolute atomic E-state index is 5.27. The van der Waals surface area contributed by atoms with Gasteiger partial charge in [0.2, 0.25) is 0 Å². The lowest BCUT2D eigenvalue weighted by Gasteiger charge is -2.07. The summed E-state index contributed by atoms with van der Waals surface area (Å²) in [5, 5.41) is 4.78. The molecule has 4 heteroatoms. The van der Waals surface area contributed by atoms with E-state index in [1.165, 1.54) is 9.88 Å². The number of rotatable bonds is 9. The molecule has 110 valence electrons. The Bertz CT molecular complexity index is 359. The molecule has 1 heterocycles. The minimum Gasteiger partial charge on any atom is -0.378 e. The molecule has 0 unspecified atom stereocenters. The standard InChI is InChI=1S/C15H28N2OS/c1-6-12(7-2)15-17-13(10-18-5)14(19-15)9-16-8-11(3)4/h11-12,16H,6-10H2,1-5H3. The molecule has 19 heavy (non-hydrogen) atoms. The Balaban J connectivity index is 2.76. The van der Waals surface area contributed by atoms with E-state index in [-0.39, 0.29) is 0 Å². The summed E-state index contributed by atoms with van der Waals surface area (Å²) in [7, 11) is 1.74. The molecule has 0 aliphatic carbocycles. The number of nitrogens with one attached hydrogen (secondary N) is 1. The minimum absolute atomic E-state index is 0.597. The molecule has 0 aliphatic rings. The summed E-state index contributed by atoms with van der Waals surface area (Å²) in [5.74, 6) is 1.27. The first-order chi connectivity index (χ1) is 9.12. The highest BCUT2D eigenvalue weighted by atomic mass is 32.1. The van der Waals surface area contributed by atoms with Crippen molar-refractivity contribution >= 4 is 11.3 Å². The van der Waals surface area contributed by atoms with Crippen LogP contribution in [0.3, 0.4) is 0 Å². The van der Waals surface area contributed by atoms with E-state index in [9.17, 15) is 0 Å². The van der Waals surface area contributed by atoms with Gasteiger partial charge in [-0.15, -0.1) is 11.3 Å². The van der Waals surface area contributed by atoms with E-state index in [0.717, 1.165) is 31.6 Å². The summed E-state index contributed by atoms with van der Waals surface area (Å²) in [4.78, 5) is 6.13. The highest BCUT2D eigenvalue weighted by Gasteiger charge is 2.16. The first kappa shape index (κ1) is 16.6. The van der Waals surface area contributed by atoms with Gasteiger partial charge in [0.25, 0.3) is 0 Å². The molecule has 0 amide bonds. The smallest absolute Gasteiger partial charge is 0.0963 e. The molecule has 0 aliphatic heterocycles. The highest BCUT2D eigenvalue weighted by molar-refractivity contribution is 7.11. The predicted molar refractivity (Wildman–Crippen MR) is 82.7 cm³/mol. The van der Waals surface area contributed by atoms with Crippen molar-refractivity contribution in [1.82, 2.24) is 10.3 Å². The van der Waals surface area contributed by atoms with Crippen molar-refractivity contribution in [2.24, 2.45) is 5.92 Å². The van der Waals surface area contributed by atoms with Crippen molar-refractivity contribution in [3.05, 3.63) is 15.6 Å². The van der Waals surface area contributed by atoms with Crippen LogP contribution >= 0.6 is 11.3 Å². The number of ether oxygens (including phenoxy) is 1. The van der Waals surface area contributed by atoms with Gasteiger partial charge in [-0.05, 0) is 25.3 Å². The van der Waals surface area contributed by atoms with Crippen molar-refractivity contribution < 1.29 is 4.74 Å². The molecule has 0 radical (unpaired) electrons. The fourth-order valence-electron chi connectivity index (χ4n) is 2.08. The molecule has 0 bridgehead atoms. The molecule has 1 rings (SSSR count). The van der Waals surface area contributed by atoms with E-state index in [2.05, 4.69) is 33.0 Å². The van der Waals surface area contributed by atoms with E-state index < -0.39 is 0 Å². The zero-order valence-electron chi connectivity index (χ0n) is 13.0. The van der Waals surface area contributed by atoms with Crippen molar-refractivity contribution in [2.45, 2.75) is 59.6 Å². The van der Waals surface area contributed by atoms with Gasteiger partial charge in [0.15, 0.2) is 0 Å². The van der Waals surface area contributed by atoms with E-state index in [0.29, 0.717) is 18.4 Å². The van der Waals surface area contributed by atoms with E-state index in [1.54, 1.807) is 7.11 Å². The van der Waals surface area contributed by atoms with E-state index >= 15 is 0 Å². The number of methoxy groups -OCH3 is 1. The van der Waals surface area contributed by atoms with Crippen molar-refractivity contribution in [3.8, 4) is 0 Å². The normalized spacial score (nSPS) is 11.7. The lowest BCUT2D eigenvalue weighted by molar-refractivity contribution is 0.181. The number of hydrogen-bond acceptors (Lipinski definition) is 4. The third-order valence-electron chi connectivity index (χ3n) is 3.25. The van der Waals surface area contributed by atoms with Gasteiger partial charge in [-0.2, -0.15) is 0 Å². The fraction of sp³-hybridized carbons (Fsp3) is 0.800. The van der Waals surface area contributed by atoms with Crippen LogP contribution in [0.4, 0.5) is 0 Å². The molecular weight excluding hydrogens is 256 g/mol. The summed E-state index contributed by atoms with van der Waals surface area (Å²) in [6.45, 7) is 11.5. The lowest BCUT2D eigenvalue weighted by Crippen LogP contribution is -2.19. The Morgan fingerprint density at radius 1 is 1.26 bits per heavy atom. The fourth-order valence-corrected chi connectivity index (χ4v) is 3.38. The zero-order chi connectivity index (χ0) is 14.3. The molecule has 1 aromatic rings. The number of nitrogens with zero attached hydrogens (tertiary/aromatic N) is 1. The third-order valence-corrected chi connectivity index (χ3v) is 4.51. The summed E-state index contributed by atoms with van der Waals surface area (Å²) in [6, 6.07) is 0. The summed E-state index contributed by atoms with van der Waals surface area (Å²) < 4.78 is 5.27. The molecule has 0 saturated heterocycles. The Morgan fingerprint density at radius 2 is 1.95 bits per heavy atom. The Hall–Kier alpha value is -0.450.